The molecule has 0 spiro atoms. The quantitative estimate of drug-likeness (QED) is 0.871. The predicted molar refractivity (Wildman–Crippen MR) is 71.1 cm³/mol. The summed E-state index contributed by atoms with van der Waals surface area (Å²) in [5.74, 6) is 0. The first-order valence-electron chi connectivity index (χ1n) is 6.05. The molecule has 1 heterocycles. The number of hydrogen-bond acceptors (Lipinski definition) is 2. The lowest BCUT2D eigenvalue weighted by Gasteiger charge is -2.16. The van der Waals surface area contributed by atoms with Crippen molar-refractivity contribution in [1.82, 2.24) is 9.78 Å². The summed E-state index contributed by atoms with van der Waals surface area (Å²) in [6.45, 7) is 7.30. The summed E-state index contributed by atoms with van der Waals surface area (Å²) in [6.07, 6.45) is 3.91. The van der Waals surface area contributed by atoms with Gasteiger partial charge in [-0.2, -0.15) is 5.10 Å². The van der Waals surface area contributed by atoms with Gasteiger partial charge >= 0.3 is 0 Å². The average molecular weight is 229 g/mol. The van der Waals surface area contributed by atoms with E-state index in [1.807, 2.05) is 17.1 Å². The summed E-state index contributed by atoms with van der Waals surface area (Å²) in [5.41, 5.74) is 3.72. The normalized spacial score (nSPS) is 12.4. The van der Waals surface area contributed by atoms with Gasteiger partial charge in [-0.25, -0.2) is 0 Å². The maximum Gasteiger partial charge on any atom is 0.0731 e. The molecule has 0 fully saturated rings. The Morgan fingerprint density at radius 1 is 1.35 bits per heavy atom. The first-order valence-corrected chi connectivity index (χ1v) is 6.05. The number of hydrogen-bond donors (Lipinski definition) is 1. The van der Waals surface area contributed by atoms with Crippen molar-refractivity contribution in [2.75, 3.05) is 5.32 Å². The van der Waals surface area contributed by atoms with E-state index in [-0.39, 0.29) is 0 Å². The van der Waals surface area contributed by atoms with Crippen LogP contribution in [0.5, 0.6) is 0 Å². The van der Waals surface area contributed by atoms with Gasteiger partial charge in [0, 0.05) is 18.8 Å². The molecule has 2 rings (SSSR count). The maximum atomic E-state index is 4.26. The molecule has 0 amide bonds. The lowest BCUT2D eigenvalue weighted by Crippen LogP contribution is -2.07. The van der Waals surface area contributed by atoms with Crippen LogP contribution in [0.25, 0.3) is 0 Å². The fourth-order valence-corrected chi connectivity index (χ4v) is 2.01. The highest BCUT2D eigenvalue weighted by molar-refractivity contribution is 5.42. The minimum atomic E-state index is 0.297. The Balaban J connectivity index is 2.11. The predicted octanol–water partition coefficient (Wildman–Crippen LogP) is 3.38. The summed E-state index contributed by atoms with van der Waals surface area (Å²) in [6, 6.07) is 8.75. The van der Waals surface area contributed by atoms with Crippen LogP contribution in [0.2, 0.25) is 0 Å². The third-order valence-corrected chi connectivity index (χ3v) is 3.00. The van der Waals surface area contributed by atoms with Crippen molar-refractivity contribution in [3.63, 3.8) is 0 Å². The van der Waals surface area contributed by atoms with Crippen molar-refractivity contribution >= 4 is 5.69 Å². The Labute approximate surface area is 102 Å². The lowest BCUT2D eigenvalue weighted by molar-refractivity contribution is 0.660. The van der Waals surface area contributed by atoms with E-state index in [2.05, 4.69) is 55.5 Å². The van der Waals surface area contributed by atoms with Gasteiger partial charge in [-0.05, 0) is 31.9 Å². The molecule has 17 heavy (non-hydrogen) atoms. The molecule has 3 heteroatoms. The van der Waals surface area contributed by atoms with Crippen LogP contribution in [0.3, 0.4) is 0 Å². The molecule has 0 radical (unpaired) electrons. The van der Waals surface area contributed by atoms with Gasteiger partial charge in [-0.1, -0.05) is 24.3 Å². The van der Waals surface area contributed by atoms with Crippen LogP contribution in [-0.4, -0.2) is 9.78 Å². The molecular weight excluding hydrogens is 210 g/mol. The molecular formula is C14H19N3. The van der Waals surface area contributed by atoms with Crippen molar-refractivity contribution in [3.8, 4) is 0 Å². The van der Waals surface area contributed by atoms with E-state index in [1.54, 1.807) is 0 Å². The third kappa shape index (κ3) is 2.67. The molecule has 1 aromatic carbocycles. The molecule has 0 aliphatic carbocycles. The van der Waals surface area contributed by atoms with Crippen LogP contribution in [0, 0.1) is 6.92 Å². The second-order valence-corrected chi connectivity index (χ2v) is 4.31. The second-order valence-electron chi connectivity index (χ2n) is 4.31. The van der Waals surface area contributed by atoms with Crippen LogP contribution >= 0.6 is 0 Å². The van der Waals surface area contributed by atoms with E-state index in [4.69, 9.17) is 0 Å². The monoisotopic (exact) mass is 229 g/mol. The minimum absolute atomic E-state index is 0.297. The van der Waals surface area contributed by atoms with Crippen LogP contribution in [0.4, 0.5) is 5.69 Å². The van der Waals surface area contributed by atoms with E-state index in [0.29, 0.717) is 6.04 Å². The molecule has 1 N–H and O–H groups in total. The molecule has 0 saturated heterocycles. The molecule has 0 aliphatic heterocycles. The number of nitrogens with one attached hydrogen (secondary N) is 1. The molecule has 0 saturated carbocycles. The van der Waals surface area contributed by atoms with Gasteiger partial charge in [0.1, 0.15) is 0 Å². The van der Waals surface area contributed by atoms with Crippen molar-refractivity contribution in [3.05, 3.63) is 47.8 Å². The highest BCUT2D eigenvalue weighted by atomic mass is 15.3. The number of benzene rings is 1. The molecule has 0 bridgehead atoms. The van der Waals surface area contributed by atoms with Gasteiger partial charge in [0.2, 0.25) is 0 Å². The van der Waals surface area contributed by atoms with Crippen LogP contribution in [0.1, 0.15) is 31.0 Å². The average Bonchev–Trinajstić information content (AvgIpc) is 2.77. The molecule has 2 aromatic rings. The zero-order chi connectivity index (χ0) is 12.3. The summed E-state index contributed by atoms with van der Waals surface area (Å²) in [4.78, 5) is 0. The highest BCUT2D eigenvalue weighted by Gasteiger charge is 2.08. The van der Waals surface area contributed by atoms with Crippen molar-refractivity contribution < 1.29 is 0 Å². The van der Waals surface area contributed by atoms with Gasteiger partial charge in [0.05, 0.1) is 11.9 Å². The molecule has 0 aliphatic rings. The van der Waals surface area contributed by atoms with Crippen molar-refractivity contribution in [2.45, 2.75) is 33.4 Å². The summed E-state index contributed by atoms with van der Waals surface area (Å²) < 4.78 is 1.92. The van der Waals surface area contributed by atoms with Gasteiger partial charge in [-0.3, -0.25) is 4.68 Å². The van der Waals surface area contributed by atoms with Gasteiger partial charge in [0.15, 0.2) is 0 Å². The number of anilines is 1. The summed E-state index contributed by atoms with van der Waals surface area (Å²) in [7, 11) is 0. The summed E-state index contributed by atoms with van der Waals surface area (Å²) >= 11 is 0. The number of aryl methyl sites for hydroxylation is 2. The van der Waals surface area contributed by atoms with Crippen molar-refractivity contribution in [2.24, 2.45) is 0 Å². The third-order valence-electron chi connectivity index (χ3n) is 3.00. The Kier molecular flexibility index (Phi) is 3.47. The van der Waals surface area contributed by atoms with Crippen molar-refractivity contribution in [1.29, 1.82) is 0 Å². The van der Waals surface area contributed by atoms with E-state index < -0.39 is 0 Å². The fraction of sp³-hybridized carbons (Fsp3) is 0.357. The molecule has 1 aromatic heterocycles. The zero-order valence-electron chi connectivity index (χ0n) is 10.6. The van der Waals surface area contributed by atoms with E-state index in [0.717, 1.165) is 12.2 Å². The Bertz CT molecular complexity index is 488. The van der Waals surface area contributed by atoms with Crippen LogP contribution in [0.15, 0.2) is 36.7 Å². The molecule has 90 valence electrons. The largest absolute Gasteiger partial charge is 0.376 e. The Morgan fingerprint density at radius 2 is 2.12 bits per heavy atom. The molecule has 3 nitrogen and oxygen atoms in total. The summed E-state index contributed by atoms with van der Waals surface area (Å²) in [5, 5.41) is 7.73. The van der Waals surface area contributed by atoms with Gasteiger partial charge < -0.3 is 5.32 Å². The smallest absolute Gasteiger partial charge is 0.0731 e. The lowest BCUT2D eigenvalue weighted by atomic mass is 10.0. The van der Waals surface area contributed by atoms with E-state index >= 15 is 0 Å². The second kappa shape index (κ2) is 5.04. The number of nitrogens with zero attached hydrogens (tertiary/aromatic N) is 2. The topological polar surface area (TPSA) is 29.9 Å². The van der Waals surface area contributed by atoms with Crippen LogP contribution in [-0.2, 0) is 6.54 Å². The van der Waals surface area contributed by atoms with Crippen LogP contribution < -0.4 is 5.32 Å². The first kappa shape index (κ1) is 11.7. The molecule has 1 atom stereocenters. The number of rotatable bonds is 4. The van der Waals surface area contributed by atoms with Gasteiger partial charge in [0.25, 0.3) is 0 Å². The molecule has 1 unspecified atom stereocenters. The maximum absolute atomic E-state index is 4.26. The fourth-order valence-electron chi connectivity index (χ4n) is 2.01. The Hall–Kier alpha value is -1.77. The first-order chi connectivity index (χ1) is 8.20. The van der Waals surface area contributed by atoms with Gasteiger partial charge in [-0.15, -0.1) is 0 Å². The Morgan fingerprint density at radius 3 is 2.76 bits per heavy atom. The SMILES string of the molecule is CCn1cc(NC(C)c2ccccc2C)cn1. The van der Waals surface area contributed by atoms with E-state index in [9.17, 15) is 0 Å². The minimum Gasteiger partial charge on any atom is -0.376 e. The standard InChI is InChI=1S/C14H19N3/c1-4-17-10-13(9-15-17)16-12(3)14-8-6-5-7-11(14)2/h5-10,12,16H,4H2,1-3H3. The highest BCUT2D eigenvalue weighted by Crippen LogP contribution is 2.21. The number of aromatic nitrogens is 2. The zero-order valence-corrected chi connectivity index (χ0v) is 10.6. The van der Waals surface area contributed by atoms with E-state index in [1.165, 1.54) is 11.1 Å².